The van der Waals surface area contributed by atoms with E-state index in [0.29, 0.717) is 0 Å². The molecule has 0 heterocycles. The van der Waals surface area contributed by atoms with Crippen molar-refractivity contribution in [2.75, 3.05) is 13.6 Å². The predicted octanol–water partition coefficient (Wildman–Crippen LogP) is 3.26. The first-order valence-corrected chi connectivity index (χ1v) is 4.75. The van der Waals surface area contributed by atoms with Gasteiger partial charge in [0, 0.05) is 29.4 Å². The van der Waals surface area contributed by atoms with E-state index in [2.05, 4.69) is 52.1 Å². The smallest absolute Gasteiger partial charge is 0.0258 e. The Bertz CT molecular complexity index is 69.7. The fraction of sp³-hybridized carbons (Fsp3) is 0.750. The van der Waals surface area contributed by atoms with E-state index in [-0.39, 0.29) is 0 Å². The van der Waals surface area contributed by atoms with Crippen LogP contribution in [-0.2, 0) is 0 Å². The third-order valence-corrected chi connectivity index (χ3v) is 1.15. The van der Waals surface area contributed by atoms with E-state index in [1.165, 1.54) is 0 Å². The maximum absolute atomic E-state index is 2.26. The Hall–Kier alpha value is 0.430. The van der Waals surface area contributed by atoms with Gasteiger partial charge in [-0.1, -0.05) is 32.9 Å². The summed E-state index contributed by atoms with van der Waals surface area (Å²) >= 11 is 2.26. The van der Waals surface area contributed by atoms with Crippen molar-refractivity contribution in [1.82, 2.24) is 3.11 Å². The van der Waals surface area contributed by atoms with Crippen molar-refractivity contribution in [3.8, 4) is 0 Å². The van der Waals surface area contributed by atoms with Crippen LogP contribution in [0.25, 0.3) is 0 Å². The number of nitrogens with zero attached hydrogens (tertiary/aromatic N) is 1. The van der Waals surface area contributed by atoms with Gasteiger partial charge in [-0.15, -0.1) is 0 Å². The first kappa shape index (κ1) is 13.1. The van der Waals surface area contributed by atoms with Crippen molar-refractivity contribution in [2.45, 2.75) is 27.2 Å². The summed E-state index contributed by atoms with van der Waals surface area (Å²) in [6, 6.07) is 0. The van der Waals surface area contributed by atoms with Gasteiger partial charge in [0.05, 0.1) is 0 Å². The lowest BCUT2D eigenvalue weighted by molar-refractivity contribution is 0.686. The monoisotopic (exact) mass is 255 g/mol. The van der Waals surface area contributed by atoms with Crippen molar-refractivity contribution < 1.29 is 0 Å². The van der Waals surface area contributed by atoms with Crippen LogP contribution in [0, 0.1) is 0 Å². The van der Waals surface area contributed by atoms with Crippen LogP contribution in [0.5, 0.6) is 0 Å². The van der Waals surface area contributed by atoms with E-state index >= 15 is 0 Å². The average molecular weight is 255 g/mol. The minimum atomic E-state index is 1.05. The van der Waals surface area contributed by atoms with Crippen LogP contribution in [0.2, 0.25) is 0 Å². The van der Waals surface area contributed by atoms with Crippen LogP contribution < -0.4 is 0 Å². The van der Waals surface area contributed by atoms with E-state index in [1.54, 1.807) is 0 Å². The molecule has 0 aliphatic heterocycles. The highest BCUT2D eigenvalue weighted by atomic mass is 127. The highest BCUT2D eigenvalue weighted by Gasteiger charge is 1.80. The molecule has 0 radical (unpaired) electrons. The van der Waals surface area contributed by atoms with E-state index in [9.17, 15) is 0 Å². The number of halogens is 1. The van der Waals surface area contributed by atoms with Crippen LogP contribution in [0.3, 0.4) is 0 Å². The zero-order valence-corrected chi connectivity index (χ0v) is 9.55. The minimum Gasteiger partial charge on any atom is -0.247 e. The molecular formula is C8H18IN. The first-order valence-electron chi connectivity index (χ1n) is 3.79. The summed E-state index contributed by atoms with van der Waals surface area (Å²) in [5.74, 6) is 0. The van der Waals surface area contributed by atoms with Crippen LogP contribution in [0.4, 0.5) is 0 Å². The summed E-state index contributed by atoms with van der Waals surface area (Å²) in [4.78, 5) is 0. The van der Waals surface area contributed by atoms with Crippen LogP contribution in [0.15, 0.2) is 12.2 Å². The van der Waals surface area contributed by atoms with Gasteiger partial charge in [-0.25, -0.2) is 3.11 Å². The summed E-state index contributed by atoms with van der Waals surface area (Å²) in [7, 11) is 2.06. The Morgan fingerprint density at radius 1 is 1.30 bits per heavy atom. The summed E-state index contributed by atoms with van der Waals surface area (Å²) in [6.07, 6.45) is 5.49. The van der Waals surface area contributed by atoms with Gasteiger partial charge in [-0.3, -0.25) is 0 Å². The summed E-state index contributed by atoms with van der Waals surface area (Å²) in [6.45, 7) is 7.19. The number of rotatable bonds is 3. The number of likely N-dealkylation sites (N-methyl/N-ethyl adjacent to an activating group) is 1. The fourth-order valence-corrected chi connectivity index (χ4v) is 0.614. The molecule has 62 valence electrons. The maximum Gasteiger partial charge on any atom is 0.0258 e. The first-order chi connectivity index (χ1) is 4.77. The lowest BCUT2D eigenvalue weighted by Gasteiger charge is -1.99. The largest absolute Gasteiger partial charge is 0.247 e. The predicted molar refractivity (Wildman–Crippen MR) is 57.4 cm³/mol. The van der Waals surface area contributed by atoms with Gasteiger partial charge in [-0.2, -0.15) is 0 Å². The second-order valence-electron chi connectivity index (χ2n) is 1.67. The number of hydrogen-bond acceptors (Lipinski definition) is 1. The van der Waals surface area contributed by atoms with Crippen LogP contribution >= 0.6 is 22.9 Å². The molecule has 1 nitrogen and oxygen atoms in total. The van der Waals surface area contributed by atoms with Crippen LogP contribution in [0.1, 0.15) is 27.2 Å². The Balaban J connectivity index is 0. The topological polar surface area (TPSA) is 3.24 Å². The molecule has 0 rings (SSSR count). The Morgan fingerprint density at radius 3 is 2.10 bits per heavy atom. The molecule has 0 aliphatic rings. The van der Waals surface area contributed by atoms with E-state index in [4.69, 9.17) is 0 Å². The molecule has 0 aromatic heterocycles. The second kappa shape index (κ2) is 12.1. The fourth-order valence-electron chi connectivity index (χ4n) is 0.386. The Morgan fingerprint density at radius 2 is 1.80 bits per heavy atom. The molecule has 0 aromatic rings. The summed E-state index contributed by atoms with van der Waals surface area (Å²) in [5.41, 5.74) is 0. The van der Waals surface area contributed by atoms with Crippen molar-refractivity contribution in [3.05, 3.63) is 12.2 Å². The van der Waals surface area contributed by atoms with Gasteiger partial charge >= 0.3 is 0 Å². The third kappa shape index (κ3) is 15.8. The van der Waals surface area contributed by atoms with Crippen molar-refractivity contribution in [3.63, 3.8) is 0 Å². The SMILES string of the molecule is CC.CC/C=C\CN(C)I. The molecule has 0 amide bonds. The highest BCUT2D eigenvalue weighted by Crippen LogP contribution is 1.91. The normalized spacial score (nSPS) is 9.80. The lowest BCUT2D eigenvalue weighted by Crippen LogP contribution is -2.01. The quantitative estimate of drug-likeness (QED) is 0.425. The van der Waals surface area contributed by atoms with Crippen molar-refractivity contribution in [1.29, 1.82) is 0 Å². The molecule has 0 aliphatic carbocycles. The van der Waals surface area contributed by atoms with Gasteiger partial charge in [0.15, 0.2) is 0 Å². The second-order valence-corrected chi connectivity index (χ2v) is 3.31. The molecule has 0 N–H and O–H groups in total. The Kier molecular flexibility index (Phi) is 15.8. The average Bonchev–Trinajstić information content (AvgIpc) is 1.92. The number of allylic oxidation sites excluding steroid dienone is 1. The van der Waals surface area contributed by atoms with Gasteiger partial charge in [0.1, 0.15) is 0 Å². The van der Waals surface area contributed by atoms with Gasteiger partial charge in [0.25, 0.3) is 0 Å². The molecule has 0 saturated heterocycles. The minimum absolute atomic E-state index is 1.05. The van der Waals surface area contributed by atoms with Crippen molar-refractivity contribution >= 4 is 22.9 Å². The molecule has 10 heavy (non-hydrogen) atoms. The number of hydrogen-bond donors (Lipinski definition) is 0. The van der Waals surface area contributed by atoms with Gasteiger partial charge in [-0.05, 0) is 13.5 Å². The molecule has 0 saturated carbocycles. The van der Waals surface area contributed by atoms with Crippen molar-refractivity contribution in [2.24, 2.45) is 0 Å². The molecule has 0 unspecified atom stereocenters. The standard InChI is InChI=1S/C6H12IN.C2H6/c1-3-4-5-6-8(2)7;1-2/h4-5H,3,6H2,1-2H3;1-2H3/b5-4-;. The van der Waals surface area contributed by atoms with E-state index in [1.807, 2.05) is 13.8 Å². The molecular weight excluding hydrogens is 237 g/mol. The zero-order valence-electron chi connectivity index (χ0n) is 7.39. The molecule has 0 fully saturated rings. The maximum atomic E-state index is 2.26. The van der Waals surface area contributed by atoms with Gasteiger partial charge < -0.3 is 0 Å². The summed E-state index contributed by atoms with van der Waals surface area (Å²) in [5, 5.41) is 0. The molecule has 0 bridgehead atoms. The lowest BCUT2D eigenvalue weighted by atomic mass is 10.4. The summed E-state index contributed by atoms with van der Waals surface area (Å²) < 4.78 is 2.11. The van der Waals surface area contributed by atoms with E-state index in [0.717, 1.165) is 13.0 Å². The Labute approximate surface area is 79.0 Å². The zero-order chi connectivity index (χ0) is 8.41. The third-order valence-electron chi connectivity index (χ3n) is 0.759. The van der Waals surface area contributed by atoms with Crippen LogP contribution in [-0.4, -0.2) is 16.7 Å². The van der Waals surface area contributed by atoms with Gasteiger partial charge in [0.2, 0.25) is 0 Å². The molecule has 0 spiro atoms. The molecule has 2 heteroatoms. The highest BCUT2D eigenvalue weighted by molar-refractivity contribution is 14.1. The molecule has 0 atom stereocenters. The van der Waals surface area contributed by atoms with E-state index < -0.39 is 0 Å². The molecule has 0 aromatic carbocycles.